The van der Waals surface area contributed by atoms with Crippen LogP contribution in [0.2, 0.25) is 0 Å². The van der Waals surface area contributed by atoms with Crippen molar-refractivity contribution in [3.05, 3.63) is 28.2 Å². The molecule has 0 aromatic heterocycles. The maximum atomic E-state index is 8.80. The second-order valence-corrected chi connectivity index (χ2v) is 3.62. The first kappa shape index (κ1) is 11.0. The van der Waals surface area contributed by atoms with Crippen molar-refractivity contribution in [1.29, 1.82) is 5.26 Å². The highest BCUT2D eigenvalue weighted by Gasteiger charge is 2.02. The zero-order valence-corrected chi connectivity index (χ0v) is 9.47. The number of halogens is 1. The van der Waals surface area contributed by atoms with Crippen LogP contribution in [0.25, 0.3) is 0 Å². The van der Waals surface area contributed by atoms with Crippen molar-refractivity contribution in [2.24, 2.45) is 0 Å². The lowest BCUT2D eigenvalue weighted by atomic mass is 10.2. The summed E-state index contributed by atoms with van der Waals surface area (Å²) < 4.78 is 6.35. The van der Waals surface area contributed by atoms with Crippen LogP contribution in [0, 0.1) is 11.3 Å². The number of likely N-dealkylation sites (N-methyl/N-ethyl adjacent to an activating group) is 1. The molecule has 74 valence electrons. The molecule has 3 nitrogen and oxygen atoms in total. The fourth-order valence-electron chi connectivity index (χ4n) is 0.971. The maximum Gasteiger partial charge on any atom is 0.138 e. The Hall–Kier alpha value is -1.05. The van der Waals surface area contributed by atoms with E-state index < -0.39 is 0 Å². The molecule has 0 aliphatic heterocycles. The van der Waals surface area contributed by atoms with E-state index in [1.54, 1.807) is 12.1 Å². The van der Waals surface area contributed by atoms with Crippen molar-refractivity contribution in [3.63, 3.8) is 0 Å². The highest BCUT2D eigenvalue weighted by molar-refractivity contribution is 9.10. The number of rotatable bonds is 4. The zero-order valence-electron chi connectivity index (χ0n) is 7.88. The molecule has 1 aromatic rings. The second kappa shape index (κ2) is 5.63. The smallest absolute Gasteiger partial charge is 0.138 e. The third kappa shape index (κ3) is 3.02. The maximum absolute atomic E-state index is 8.80. The van der Waals surface area contributed by atoms with Crippen LogP contribution in [0.15, 0.2) is 22.7 Å². The standard InChI is InChI=1S/C10H11BrN2O/c1-13-4-5-14-10-6-9(11)3-2-8(10)7-12/h2-3,6,13H,4-5H2,1H3. The van der Waals surface area contributed by atoms with Gasteiger partial charge < -0.3 is 10.1 Å². The minimum absolute atomic E-state index is 0.557. The topological polar surface area (TPSA) is 45.0 Å². The number of ether oxygens (including phenoxy) is 1. The summed E-state index contributed by atoms with van der Waals surface area (Å²) in [5.41, 5.74) is 0.560. The van der Waals surface area contributed by atoms with Gasteiger partial charge in [0.2, 0.25) is 0 Å². The Morgan fingerprint density at radius 3 is 3.00 bits per heavy atom. The molecule has 0 aliphatic rings. The third-order valence-corrected chi connectivity index (χ3v) is 2.17. The normalized spacial score (nSPS) is 9.50. The Morgan fingerprint density at radius 1 is 1.57 bits per heavy atom. The van der Waals surface area contributed by atoms with Crippen LogP contribution in [0.3, 0.4) is 0 Å². The van der Waals surface area contributed by atoms with Gasteiger partial charge in [0.1, 0.15) is 18.4 Å². The molecule has 0 unspecified atom stereocenters. The fraction of sp³-hybridized carbons (Fsp3) is 0.300. The average molecular weight is 255 g/mol. The van der Waals surface area contributed by atoms with Gasteiger partial charge in [0.25, 0.3) is 0 Å². The summed E-state index contributed by atoms with van der Waals surface area (Å²) in [4.78, 5) is 0. The first-order chi connectivity index (χ1) is 6.77. The molecule has 14 heavy (non-hydrogen) atoms. The monoisotopic (exact) mass is 254 g/mol. The van der Waals surface area contributed by atoms with Gasteiger partial charge in [-0.25, -0.2) is 0 Å². The van der Waals surface area contributed by atoms with E-state index in [0.717, 1.165) is 11.0 Å². The Bertz CT molecular complexity index is 346. The number of nitrogens with zero attached hydrogens (tertiary/aromatic N) is 1. The van der Waals surface area contributed by atoms with E-state index >= 15 is 0 Å². The summed E-state index contributed by atoms with van der Waals surface area (Å²) >= 11 is 3.33. The molecule has 0 atom stereocenters. The van der Waals surface area contributed by atoms with Gasteiger partial charge >= 0.3 is 0 Å². The quantitative estimate of drug-likeness (QED) is 0.836. The minimum Gasteiger partial charge on any atom is -0.491 e. The van der Waals surface area contributed by atoms with Gasteiger partial charge in [0.15, 0.2) is 0 Å². The van der Waals surface area contributed by atoms with Crippen LogP contribution in [-0.4, -0.2) is 20.2 Å². The van der Waals surface area contributed by atoms with E-state index in [1.165, 1.54) is 0 Å². The average Bonchev–Trinajstić information content (AvgIpc) is 2.19. The van der Waals surface area contributed by atoms with Crippen LogP contribution >= 0.6 is 15.9 Å². The molecule has 0 heterocycles. The molecule has 0 spiro atoms. The van der Waals surface area contributed by atoms with Crippen molar-refractivity contribution >= 4 is 15.9 Å². The molecular formula is C10H11BrN2O. The van der Waals surface area contributed by atoms with Gasteiger partial charge in [-0.1, -0.05) is 15.9 Å². The molecule has 1 aromatic carbocycles. The zero-order chi connectivity index (χ0) is 10.4. The summed E-state index contributed by atoms with van der Waals surface area (Å²) in [6.45, 7) is 1.32. The molecule has 0 amide bonds. The SMILES string of the molecule is CNCCOc1cc(Br)ccc1C#N. The number of hydrogen-bond acceptors (Lipinski definition) is 3. The van der Waals surface area contributed by atoms with Crippen LogP contribution in [0.5, 0.6) is 5.75 Å². The fourth-order valence-corrected chi connectivity index (χ4v) is 1.31. The Labute approximate surface area is 91.8 Å². The van der Waals surface area contributed by atoms with E-state index in [1.807, 2.05) is 13.1 Å². The molecule has 0 aliphatic carbocycles. The Morgan fingerprint density at radius 2 is 2.36 bits per heavy atom. The number of benzene rings is 1. The van der Waals surface area contributed by atoms with Gasteiger partial charge in [-0.3, -0.25) is 0 Å². The molecule has 4 heteroatoms. The largest absolute Gasteiger partial charge is 0.491 e. The minimum atomic E-state index is 0.557. The highest BCUT2D eigenvalue weighted by atomic mass is 79.9. The highest BCUT2D eigenvalue weighted by Crippen LogP contribution is 2.22. The van der Waals surface area contributed by atoms with E-state index in [9.17, 15) is 0 Å². The molecule has 1 rings (SSSR count). The summed E-state index contributed by atoms with van der Waals surface area (Å²) in [5.74, 6) is 0.622. The van der Waals surface area contributed by atoms with Crippen LogP contribution in [0.4, 0.5) is 0 Å². The molecule has 1 N–H and O–H groups in total. The molecule has 0 bridgehead atoms. The van der Waals surface area contributed by atoms with Gasteiger partial charge in [-0.15, -0.1) is 0 Å². The molecule has 0 saturated heterocycles. The van der Waals surface area contributed by atoms with Crippen LogP contribution in [-0.2, 0) is 0 Å². The summed E-state index contributed by atoms with van der Waals surface area (Å²) in [5, 5.41) is 11.8. The van der Waals surface area contributed by atoms with Gasteiger partial charge in [-0.2, -0.15) is 5.26 Å². The van der Waals surface area contributed by atoms with Crippen molar-refractivity contribution in [2.45, 2.75) is 0 Å². The van der Waals surface area contributed by atoms with Crippen LogP contribution < -0.4 is 10.1 Å². The lowest BCUT2D eigenvalue weighted by Gasteiger charge is -2.07. The molecule has 0 fully saturated rings. The lowest BCUT2D eigenvalue weighted by molar-refractivity contribution is 0.317. The Kier molecular flexibility index (Phi) is 4.44. The van der Waals surface area contributed by atoms with Crippen molar-refractivity contribution in [1.82, 2.24) is 5.32 Å². The second-order valence-electron chi connectivity index (χ2n) is 2.70. The van der Waals surface area contributed by atoms with E-state index in [2.05, 4.69) is 27.3 Å². The Balaban J connectivity index is 2.73. The van der Waals surface area contributed by atoms with E-state index in [4.69, 9.17) is 10.00 Å². The summed E-state index contributed by atoms with van der Waals surface area (Å²) in [6, 6.07) is 7.44. The van der Waals surface area contributed by atoms with Crippen molar-refractivity contribution in [3.8, 4) is 11.8 Å². The van der Waals surface area contributed by atoms with E-state index in [0.29, 0.717) is 17.9 Å². The first-order valence-electron chi connectivity index (χ1n) is 4.25. The molecule has 0 radical (unpaired) electrons. The molecular weight excluding hydrogens is 244 g/mol. The molecule has 0 saturated carbocycles. The van der Waals surface area contributed by atoms with Crippen molar-refractivity contribution in [2.75, 3.05) is 20.2 Å². The van der Waals surface area contributed by atoms with Gasteiger partial charge in [0.05, 0.1) is 5.56 Å². The van der Waals surface area contributed by atoms with Gasteiger partial charge in [0, 0.05) is 11.0 Å². The predicted molar refractivity (Wildman–Crippen MR) is 58.3 cm³/mol. The van der Waals surface area contributed by atoms with Gasteiger partial charge in [-0.05, 0) is 25.2 Å². The summed E-state index contributed by atoms with van der Waals surface area (Å²) in [7, 11) is 1.86. The number of hydrogen-bond donors (Lipinski definition) is 1. The van der Waals surface area contributed by atoms with Crippen molar-refractivity contribution < 1.29 is 4.74 Å². The number of nitrogens with one attached hydrogen (secondary N) is 1. The van der Waals surface area contributed by atoms with Crippen LogP contribution in [0.1, 0.15) is 5.56 Å². The first-order valence-corrected chi connectivity index (χ1v) is 5.04. The van der Waals surface area contributed by atoms with E-state index in [-0.39, 0.29) is 0 Å². The summed E-state index contributed by atoms with van der Waals surface area (Å²) in [6.07, 6.45) is 0. The predicted octanol–water partition coefficient (Wildman–Crippen LogP) is 1.92. The third-order valence-electron chi connectivity index (χ3n) is 1.67. The lowest BCUT2D eigenvalue weighted by Crippen LogP contribution is -2.16. The number of nitriles is 1.